The third kappa shape index (κ3) is 4.85. The minimum atomic E-state index is -0.384. The molecular weight excluding hydrogens is 414 g/mol. The monoisotopic (exact) mass is 439 g/mol. The predicted octanol–water partition coefficient (Wildman–Crippen LogP) is 3.51. The van der Waals surface area contributed by atoms with E-state index in [0.717, 1.165) is 34.3 Å². The van der Waals surface area contributed by atoms with E-state index in [2.05, 4.69) is 38.1 Å². The molecule has 0 aliphatic heterocycles. The van der Waals surface area contributed by atoms with Crippen LogP contribution in [-0.2, 0) is 24.3 Å². The van der Waals surface area contributed by atoms with Gasteiger partial charge in [-0.2, -0.15) is 5.26 Å². The number of aromatic nitrogens is 3. The molecule has 2 aromatic heterocycles. The molecule has 0 radical (unpaired) electrons. The van der Waals surface area contributed by atoms with Gasteiger partial charge in [-0.25, -0.2) is 4.98 Å². The molecule has 2 aromatic carbocycles. The summed E-state index contributed by atoms with van der Waals surface area (Å²) >= 11 is 0. The average Bonchev–Trinajstić information content (AvgIpc) is 3.21. The lowest BCUT2D eigenvalue weighted by Gasteiger charge is -2.11. The van der Waals surface area contributed by atoms with Crippen molar-refractivity contribution in [2.24, 2.45) is 0 Å². The van der Waals surface area contributed by atoms with Crippen LogP contribution in [0.5, 0.6) is 0 Å². The smallest absolute Gasteiger partial charge is 0.266 e. The first-order valence-electron chi connectivity index (χ1n) is 10.8. The van der Waals surface area contributed by atoms with Crippen molar-refractivity contribution in [2.75, 3.05) is 0 Å². The number of H-pyrrole nitrogens is 1. The minimum absolute atomic E-state index is 0.0764. The molecule has 7 nitrogen and oxygen atoms in total. The fourth-order valence-corrected chi connectivity index (χ4v) is 4.04. The topological polar surface area (TPSA) is 104 Å². The summed E-state index contributed by atoms with van der Waals surface area (Å²) in [6, 6.07) is 18.2. The number of aryl methyl sites for hydroxylation is 1. The van der Waals surface area contributed by atoms with E-state index in [-0.39, 0.29) is 23.5 Å². The molecule has 0 atom stereocenters. The van der Waals surface area contributed by atoms with E-state index in [1.165, 1.54) is 0 Å². The number of imidazole rings is 1. The van der Waals surface area contributed by atoms with Gasteiger partial charge in [-0.3, -0.25) is 9.59 Å². The van der Waals surface area contributed by atoms with Crippen LogP contribution in [0.2, 0.25) is 0 Å². The first-order chi connectivity index (χ1) is 16.0. The van der Waals surface area contributed by atoms with Gasteiger partial charge in [0.1, 0.15) is 11.6 Å². The van der Waals surface area contributed by atoms with Crippen molar-refractivity contribution >= 4 is 16.9 Å². The number of hydrogen-bond acceptors (Lipinski definition) is 4. The number of fused-ring (bicyclic) bond motifs is 1. The molecule has 0 unspecified atom stereocenters. The quantitative estimate of drug-likeness (QED) is 0.460. The van der Waals surface area contributed by atoms with Gasteiger partial charge in [0.15, 0.2) is 0 Å². The van der Waals surface area contributed by atoms with Crippen molar-refractivity contribution in [1.82, 2.24) is 19.9 Å². The minimum Gasteiger partial charge on any atom is -0.352 e. The van der Waals surface area contributed by atoms with E-state index in [1.54, 1.807) is 13.8 Å². The van der Waals surface area contributed by atoms with E-state index >= 15 is 0 Å². The van der Waals surface area contributed by atoms with E-state index in [4.69, 9.17) is 0 Å². The maximum absolute atomic E-state index is 12.4. The number of rotatable bonds is 7. The van der Waals surface area contributed by atoms with Gasteiger partial charge in [-0.05, 0) is 54.7 Å². The van der Waals surface area contributed by atoms with Crippen LogP contribution in [0, 0.1) is 25.2 Å². The highest BCUT2D eigenvalue weighted by Gasteiger charge is 2.13. The molecule has 2 N–H and O–H groups in total. The summed E-state index contributed by atoms with van der Waals surface area (Å²) in [4.78, 5) is 31.4. The maximum Gasteiger partial charge on any atom is 0.266 e. The first-order valence-corrected chi connectivity index (χ1v) is 10.8. The van der Waals surface area contributed by atoms with Crippen molar-refractivity contribution in [3.05, 3.63) is 98.7 Å². The highest BCUT2D eigenvalue weighted by molar-refractivity contribution is 5.76. The summed E-state index contributed by atoms with van der Waals surface area (Å²) < 4.78 is 2.12. The van der Waals surface area contributed by atoms with Gasteiger partial charge in [0, 0.05) is 25.2 Å². The third-order valence-corrected chi connectivity index (χ3v) is 5.92. The summed E-state index contributed by atoms with van der Waals surface area (Å²) in [5, 5.41) is 12.1. The Hall–Kier alpha value is -4.18. The van der Waals surface area contributed by atoms with E-state index < -0.39 is 0 Å². The Morgan fingerprint density at radius 1 is 1.12 bits per heavy atom. The number of nitriles is 1. The molecule has 0 aliphatic carbocycles. The second-order valence-electron chi connectivity index (χ2n) is 8.12. The predicted molar refractivity (Wildman–Crippen MR) is 127 cm³/mol. The van der Waals surface area contributed by atoms with Crippen molar-refractivity contribution < 1.29 is 4.79 Å². The number of para-hydroxylation sites is 2. The summed E-state index contributed by atoms with van der Waals surface area (Å²) in [7, 11) is 0. The van der Waals surface area contributed by atoms with Crippen LogP contribution >= 0.6 is 0 Å². The van der Waals surface area contributed by atoms with Crippen LogP contribution in [0.1, 0.15) is 39.9 Å². The molecule has 0 bridgehead atoms. The largest absolute Gasteiger partial charge is 0.352 e. The zero-order valence-electron chi connectivity index (χ0n) is 18.7. The standard InChI is InChI=1S/C26H25N5O2/c1-17-21(18(2)30-26(33)22(17)13-27)11-12-25(32)28-14-19-7-9-20(10-8-19)15-31-16-29-23-5-3-4-6-24(23)31/h3-10,16H,11-12,14-15H2,1-2H3,(H,28,32)(H,30,33). The average molecular weight is 440 g/mol. The lowest BCUT2D eigenvalue weighted by molar-refractivity contribution is -0.121. The summed E-state index contributed by atoms with van der Waals surface area (Å²) in [5.74, 6) is -0.0764. The molecule has 2 heterocycles. The molecule has 0 saturated heterocycles. The number of hydrogen-bond donors (Lipinski definition) is 2. The Bertz CT molecular complexity index is 1410. The first kappa shape index (κ1) is 22.0. The number of amides is 1. The van der Waals surface area contributed by atoms with Gasteiger partial charge in [-0.1, -0.05) is 36.4 Å². The van der Waals surface area contributed by atoms with Crippen molar-refractivity contribution in [1.29, 1.82) is 5.26 Å². The number of nitrogens with one attached hydrogen (secondary N) is 2. The number of nitrogens with zero attached hydrogens (tertiary/aromatic N) is 3. The Balaban J connectivity index is 1.32. The number of aromatic amines is 1. The van der Waals surface area contributed by atoms with E-state index in [1.807, 2.05) is 42.7 Å². The van der Waals surface area contributed by atoms with Gasteiger partial charge in [0.25, 0.3) is 5.56 Å². The van der Waals surface area contributed by atoms with Crippen LogP contribution in [-0.4, -0.2) is 20.4 Å². The lowest BCUT2D eigenvalue weighted by Crippen LogP contribution is -2.24. The van der Waals surface area contributed by atoms with Crippen LogP contribution in [0.15, 0.2) is 59.7 Å². The number of benzene rings is 2. The molecule has 0 spiro atoms. The zero-order valence-corrected chi connectivity index (χ0v) is 18.7. The highest BCUT2D eigenvalue weighted by atomic mass is 16.1. The van der Waals surface area contributed by atoms with Crippen LogP contribution in [0.25, 0.3) is 11.0 Å². The Kier molecular flexibility index (Phi) is 6.36. The lowest BCUT2D eigenvalue weighted by atomic mass is 9.99. The maximum atomic E-state index is 12.4. The molecule has 7 heteroatoms. The molecule has 1 amide bonds. The second kappa shape index (κ2) is 9.53. The molecule has 4 rings (SSSR count). The molecule has 33 heavy (non-hydrogen) atoms. The summed E-state index contributed by atoms with van der Waals surface area (Å²) in [5.41, 5.74) is 6.18. The van der Waals surface area contributed by atoms with Crippen LogP contribution in [0.4, 0.5) is 0 Å². The molecule has 0 aliphatic rings. The zero-order chi connectivity index (χ0) is 23.4. The normalized spacial score (nSPS) is 10.8. The van der Waals surface area contributed by atoms with Crippen molar-refractivity contribution in [2.45, 2.75) is 39.8 Å². The van der Waals surface area contributed by atoms with Gasteiger partial charge in [-0.15, -0.1) is 0 Å². The molecule has 0 fully saturated rings. The number of pyridine rings is 1. The SMILES string of the molecule is Cc1[nH]c(=O)c(C#N)c(C)c1CCC(=O)NCc1ccc(Cn2cnc3ccccc32)cc1. The Labute approximate surface area is 191 Å². The highest BCUT2D eigenvalue weighted by Crippen LogP contribution is 2.16. The van der Waals surface area contributed by atoms with Crippen molar-refractivity contribution in [3.63, 3.8) is 0 Å². The third-order valence-electron chi connectivity index (χ3n) is 5.92. The molecule has 4 aromatic rings. The molecule has 166 valence electrons. The number of carbonyl (C=O) groups excluding carboxylic acids is 1. The van der Waals surface area contributed by atoms with E-state index in [0.29, 0.717) is 24.2 Å². The summed E-state index contributed by atoms with van der Waals surface area (Å²) in [6.45, 7) is 4.72. The number of carbonyl (C=O) groups is 1. The van der Waals surface area contributed by atoms with Crippen LogP contribution in [0.3, 0.4) is 0 Å². The van der Waals surface area contributed by atoms with E-state index in [9.17, 15) is 14.9 Å². The fraction of sp³-hybridized carbons (Fsp3) is 0.231. The Morgan fingerprint density at radius 2 is 1.85 bits per heavy atom. The van der Waals surface area contributed by atoms with Crippen LogP contribution < -0.4 is 10.9 Å². The molecular formula is C26H25N5O2. The van der Waals surface area contributed by atoms with Gasteiger partial charge in [0.2, 0.25) is 5.91 Å². The van der Waals surface area contributed by atoms with Crippen molar-refractivity contribution in [3.8, 4) is 6.07 Å². The second-order valence-corrected chi connectivity index (χ2v) is 8.12. The Morgan fingerprint density at radius 3 is 2.61 bits per heavy atom. The summed E-state index contributed by atoms with van der Waals surface area (Å²) in [6.07, 6.45) is 2.60. The van der Waals surface area contributed by atoms with Gasteiger partial charge < -0.3 is 14.9 Å². The molecule has 0 saturated carbocycles. The van der Waals surface area contributed by atoms with Gasteiger partial charge >= 0.3 is 0 Å². The fourth-order valence-electron chi connectivity index (χ4n) is 4.04. The van der Waals surface area contributed by atoms with Gasteiger partial charge in [0.05, 0.1) is 17.4 Å².